The molecule has 1 N–H and O–H groups in total. The van der Waals surface area contributed by atoms with Crippen molar-refractivity contribution in [1.29, 1.82) is 0 Å². The maximum atomic E-state index is 13.4. The number of hydrogen-bond donors (Lipinski definition) is 1. The quantitative estimate of drug-likeness (QED) is 0.403. The first-order valence-corrected chi connectivity index (χ1v) is 13.2. The van der Waals surface area contributed by atoms with Crippen LogP contribution in [0, 0.1) is 6.92 Å². The predicted octanol–water partition coefficient (Wildman–Crippen LogP) is 6.13. The molecule has 1 unspecified atom stereocenters. The highest BCUT2D eigenvalue weighted by Gasteiger charge is 2.31. The normalized spacial score (nSPS) is 14.8. The van der Waals surface area contributed by atoms with Gasteiger partial charge in [-0.25, -0.2) is 0 Å². The Labute approximate surface area is 212 Å². The number of amides is 2. The van der Waals surface area contributed by atoms with Crippen molar-refractivity contribution >= 4 is 27.7 Å². The van der Waals surface area contributed by atoms with Crippen molar-refractivity contribution in [1.82, 2.24) is 10.2 Å². The number of rotatable bonds is 10. The molecule has 1 aliphatic rings. The van der Waals surface area contributed by atoms with E-state index in [1.807, 2.05) is 56.3 Å². The third kappa shape index (κ3) is 7.08. The second-order valence-electron chi connectivity index (χ2n) is 9.55. The minimum Gasteiger partial charge on any atom is -0.483 e. The van der Waals surface area contributed by atoms with Gasteiger partial charge in [0.1, 0.15) is 11.8 Å². The minimum absolute atomic E-state index is 0.0719. The van der Waals surface area contributed by atoms with Gasteiger partial charge in [-0.1, -0.05) is 69.5 Å². The second kappa shape index (κ2) is 12.4. The molecule has 3 rings (SSSR count). The Hall–Kier alpha value is -2.34. The third-order valence-corrected chi connectivity index (χ3v) is 7.15. The molecule has 0 heterocycles. The molecular formula is C28H37BrN2O3. The molecule has 184 valence electrons. The molecule has 1 aliphatic carbocycles. The van der Waals surface area contributed by atoms with Crippen LogP contribution in [0.1, 0.15) is 75.5 Å². The summed E-state index contributed by atoms with van der Waals surface area (Å²) in [4.78, 5) is 28.3. The molecular weight excluding hydrogens is 492 g/mol. The van der Waals surface area contributed by atoms with Crippen LogP contribution >= 0.6 is 15.9 Å². The molecule has 1 atom stereocenters. The van der Waals surface area contributed by atoms with Crippen LogP contribution in [0.25, 0.3) is 0 Å². The number of hydrogen-bond acceptors (Lipinski definition) is 3. The molecule has 5 nitrogen and oxygen atoms in total. The Balaban J connectivity index is 1.76. The molecule has 0 aliphatic heterocycles. The third-order valence-electron chi connectivity index (χ3n) is 6.53. The van der Waals surface area contributed by atoms with Crippen LogP contribution in [0.2, 0.25) is 0 Å². The Morgan fingerprint density at radius 2 is 1.79 bits per heavy atom. The summed E-state index contributed by atoms with van der Waals surface area (Å²) in [6.07, 6.45) is 4.86. The smallest absolute Gasteiger partial charge is 0.261 e. The van der Waals surface area contributed by atoms with E-state index in [4.69, 9.17) is 4.74 Å². The summed E-state index contributed by atoms with van der Waals surface area (Å²) in [5.74, 6) is 0.753. The predicted molar refractivity (Wildman–Crippen MR) is 140 cm³/mol. The van der Waals surface area contributed by atoms with Gasteiger partial charge in [-0.05, 0) is 71.3 Å². The average Bonchev–Trinajstić information content (AvgIpc) is 3.32. The van der Waals surface area contributed by atoms with Crippen molar-refractivity contribution in [3.63, 3.8) is 0 Å². The monoisotopic (exact) mass is 528 g/mol. The van der Waals surface area contributed by atoms with Crippen LogP contribution in [0.4, 0.5) is 0 Å². The van der Waals surface area contributed by atoms with E-state index in [2.05, 4.69) is 35.1 Å². The Bertz CT molecular complexity index is 968. The van der Waals surface area contributed by atoms with E-state index >= 15 is 0 Å². The van der Waals surface area contributed by atoms with E-state index in [1.54, 1.807) is 4.90 Å². The molecule has 1 saturated carbocycles. The first kappa shape index (κ1) is 26.3. The topological polar surface area (TPSA) is 58.6 Å². The van der Waals surface area contributed by atoms with Gasteiger partial charge >= 0.3 is 0 Å². The van der Waals surface area contributed by atoms with Crippen molar-refractivity contribution in [2.75, 3.05) is 6.61 Å². The van der Waals surface area contributed by atoms with E-state index < -0.39 is 6.04 Å². The maximum Gasteiger partial charge on any atom is 0.261 e. The highest BCUT2D eigenvalue weighted by atomic mass is 79.9. The van der Waals surface area contributed by atoms with Gasteiger partial charge < -0.3 is 15.0 Å². The summed E-state index contributed by atoms with van der Waals surface area (Å²) in [5, 5.41) is 3.18. The van der Waals surface area contributed by atoms with Crippen LogP contribution < -0.4 is 10.1 Å². The Morgan fingerprint density at radius 3 is 2.38 bits per heavy atom. The Kier molecular flexibility index (Phi) is 9.57. The second-order valence-corrected chi connectivity index (χ2v) is 10.4. The summed E-state index contributed by atoms with van der Waals surface area (Å²) in [5.41, 5.74) is 3.35. The number of halogens is 1. The zero-order chi connectivity index (χ0) is 24.7. The van der Waals surface area contributed by atoms with Crippen molar-refractivity contribution in [2.45, 2.75) is 84.3 Å². The van der Waals surface area contributed by atoms with E-state index in [-0.39, 0.29) is 24.5 Å². The van der Waals surface area contributed by atoms with Crippen LogP contribution in [0.15, 0.2) is 46.9 Å². The standard InChI is InChI=1S/C28H37BrN2O3/c1-5-25(28(33)30-23-8-6-7-9-23)31(17-21-12-10-20(4)11-13-21)27(32)18-34-26-15-14-22(19(2)3)16-24(26)29/h10-16,19,23,25H,5-9,17-18H2,1-4H3,(H,30,33). The summed E-state index contributed by atoms with van der Waals surface area (Å²) >= 11 is 3.56. The summed E-state index contributed by atoms with van der Waals surface area (Å²) in [7, 11) is 0. The average molecular weight is 530 g/mol. The number of carbonyl (C=O) groups is 2. The van der Waals surface area contributed by atoms with Gasteiger partial charge in [0.15, 0.2) is 6.61 Å². The summed E-state index contributed by atoms with van der Waals surface area (Å²) in [6.45, 7) is 8.50. The lowest BCUT2D eigenvalue weighted by Crippen LogP contribution is -2.52. The van der Waals surface area contributed by atoms with Crippen LogP contribution in [-0.4, -0.2) is 35.4 Å². The van der Waals surface area contributed by atoms with Crippen LogP contribution in [0.5, 0.6) is 5.75 Å². The SMILES string of the molecule is CCC(C(=O)NC1CCCC1)N(Cc1ccc(C)cc1)C(=O)COc1ccc(C(C)C)cc1Br. The lowest BCUT2D eigenvalue weighted by Gasteiger charge is -2.31. The van der Waals surface area contributed by atoms with Gasteiger partial charge in [0.05, 0.1) is 4.47 Å². The number of ether oxygens (including phenoxy) is 1. The fourth-order valence-corrected chi connectivity index (χ4v) is 4.90. The summed E-state index contributed by atoms with van der Waals surface area (Å²) in [6, 6.07) is 13.7. The fourth-order valence-electron chi connectivity index (χ4n) is 4.39. The van der Waals surface area contributed by atoms with Crippen molar-refractivity contribution in [3.05, 3.63) is 63.6 Å². The number of aryl methyl sites for hydroxylation is 1. The fraction of sp³-hybridized carbons (Fsp3) is 0.500. The first-order valence-electron chi connectivity index (χ1n) is 12.4. The van der Waals surface area contributed by atoms with Crippen molar-refractivity contribution in [2.24, 2.45) is 0 Å². The zero-order valence-electron chi connectivity index (χ0n) is 20.8. The van der Waals surface area contributed by atoms with Crippen LogP contribution in [0.3, 0.4) is 0 Å². The highest BCUT2D eigenvalue weighted by Crippen LogP contribution is 2.29. The van der Waals surface area contributed by atoms with E-state index in [9.17, 15) is 9.59 Å². The molecule has 0 radical (unpaired) electrons. The molecule has 0 spiro atoms. The van der Waals surface area contributed by atoms with Gasteiger partial charge in [-0.15, -0.1) is 0 Å². The lowest BCUT2D eigenvalue weighted by molar-refractivity contribution is -0.143. The van der Waals surface area contributed by atoms with Gasteiger partial charge in [0.25, 0.3) is 5.91 Å². The van der Waals surface area contributed by atoms with Gasteiger partial charge in [0, 0.05) is 12.6 Å². The van der Waals surface area contributed by atoms with Gasteiger partial charge in [-0.3, -0.25) is 9.59 Å². The van der Waals surface area contributed by atoms with Crippen molar-refractivity contribution in [3.8, 4) is 5.75 Å². The molecule has 0 aromatic heterocycles. The maximum absolute atomic E-state index is 13.4. The molecule has 0 saturated heterocycles. The number of carbonyl (C=O) groups excluding carboxylic acids is 2. The summed E-state index contributed by atoms with van der Waals surface area (Å²) < 4.78 is 6.73. The molecule has 2 aromatic rings. The molecule has 1 fully saturated rings. The van der Waals surface area contributed by atoms with Gasteiger partial charge in [-0.2, -0.15) is 0 Å². The number of nitrogens with zero attached hydrogens (tertiary/aromatic N) is 1. The molecule has 34 heavy (non-hydrogen) atoms. The van der Waals surface area contributed by atoms with Gasteiger partial charge in [0.2, 0.25) is 5.91 Å². The van der Waals surface area contributed by atoms with E-state index in [0.717, 1.165) is 41.3 Å². The number of nitrogens with one attached hydrogen (secondary N) is 1. The van der Waals surface area contributed by atoms with Crippen LogP contribution in [-0.2, 0) is 16.1 Å². The molecule has 2 amide bonds. The molecule has 0 bridgehead atoms. The largest absolute Gasteiger partial charge is 0.483 e. The highest BCUT2D eigenvalue weighted by molar-refractivity contribution is 9.10. The van der Waals surface area contributed by atoms with E-state index in [1.165, 1.54) is 5.56 Å². The lowest BCUT2D eigenvalue weighted by atomic mass is 10.0. The molecule has 2 aromatic carbocycles. The first-order chi connectivity index (χ1) is 16.3. The molecule has 6 heteroatoms. The zero-order valence-corrected chi connectivity index (χ0v) is 22.4. The minimum atomic E-state index is -0.537. The van der Waals surface area contributed by atoms with E-state index in [0.29, 0.717) is 24.6 Å². The van der Waals surface area contributed by atoms with Crippen molar-refractivity contribution < 1.29 is 14.3 Å². The Morgan fingerprint density at radius 1 is 1.12 bits per heavy atom. The number of benzene rings is 2.